The van der Waals surface area contributed by atoms with Crippen LogP contribution in [0.3, 0.4) is 0 Å². The van der Waals surface area contributed by atoms with E-state index in [1.54, 1.807) is 0 Å². The van der Waals surface area contributed by atoms with Crippen LogP contribution in [0.5, 0.6) is 5.75 Å². The molecule has 2 aliphatic heterocycles. The number of aryl methyl sites for hydroxylation is 1. The molecule has 38 heavy (non-hydrogen) atoms. The van der Waals surface area contributed by atoms with E-state index < -0.39 is 0 Å². The van der Waals surface area contributed by atoms with Crippen molar-refractivity contribution in [3.63, 3.8) is 0 Å². The van der Waals surface area contributed by atoms with Gasteiger partial charge < -0.3 is 14.2 Å². The average Bonchev–Trinajstić information content (AvgIpc) is 3.51. The minimum Gasteiger partial charge on any atom is -0.489 e. The first kappa shape index (κ1) is 26.4. The maximum absolute atomic E-state index is 5.94. The Morgan fingerprint density at radius 1 is 0.842 bits per heavy atom. The van der Waals surface area contributed by atoms with Gasteiger partial charge in [0, 0.05) is 0 Å². The van der Waals surface area contributed by atoms with Gasteiger partial charge in [0.15, 0.2) is 5.76 Å². The van der Waals surface area contributed by atoms with Crippen LogP contribution >= 0.6 is 0 Å². The molecule has 0 amide bonds. The highest BCUT2D eigenvalue weighted by molar-refractivity contribution is 5.28. The van der Waals surface area contributed by atoms with Gasteiger partial charge in [0.2, 0.25) is 6.79 Å². The fourth-order valence-electron chi connectivity index (χ4n) is 5.77. The molecule has 2 heterocycles. The van der Waals surface area contributed by atoms with Gasteiger partial charge in [-0.1, -0.05) is 79.7 Å². The van der Waals surface area contributed by atoms with E-state index in [2.05, 4.69) is 78.6 Å². The maximum atomic E-state index is 5.94. The van der Waals surface area contributed by atoms with Gasteiger partial charge in [0.1, 0.15) is 18.6 Å². The third kappa shape index (κ3) is 7.64. The number of ether oxygens (including phenoxy) is 3. The molecule has 1 saturated heterocycles. The normalized spacial score (nSPS) is 17.8. The number of piperidine rings is 1. The van der Waals surface area contributed by atoms with Crippen molar-refractivity contribution in [2.45, 2.75) is 58.1 Å². The van der Waals surface area contributed by atoms with Gasteiger partial charge in [-0.25, -0.2) is 0 Å². The molecule has 200 valence electrons. The molecule has 1 fully saturated rings. The smallest absolute Gasteiger partial charge is 0.229 e. The molecule has 0 aliphatic carbocycles. The number of hydrogen-bond donors (Lipinski definition) is 0. The summed E-state index contributed by atoms with van der Waals surface area (Å²) in [5.74, 6) is 3.46. The Kier molecular flexibility index (Phi) is 9.39. The van der Waals surface area contributed by atoms with Gasteiger partial charge in [0.05, 0.1) is 6.04 Å². The fraction of sp³-hybridized carbons (Fsp3) is 0.412. The van der Waals surface area contributed by atoms with Crippen molar-refractivity contribution in [3.05, 3.63) is 114 Å². The first-order chi connectivity index (χ1) is 18.7. The summed E-state index contributed by atoms with van der Waals surface area (Å²) in [4.78, 5) is 2.61. The van der Waals surface area contributed by atoms with Crippen LogP contribution in [0.2, 0.25) is 0 Å². The summed E-state index contributed by atoms with van der Waals surface area (Å²) in [7, 11) is 0. The number of nitrogens with zero attached hydrogens (tertiary/aromatic N) is 1. The molecule has 0 spiro atoms. The zero-order valence-electron chi connectivity index (χ0n) is 22.6. The largest absolute Gasteiger partial charge is 0.489 e. The van der Waals surface area contributed by atoms with Crippen molar-refractivity contribution < 1.29 is 14.2 Å². The number of benzene rings is 3. The quantitative estimate of drug-likeness (QED) is 0.254. The van der Waals surface area contributed by atoms with Crippen molar-refractivity contribution in [1.82, 2.24) is 4.90 Å². The molecule has 0 saturated carbocycles. The zero-order chi connectivity index (χ0) is 26.0. The van der Waals surface area contributed by atoms with Gasteiger partial charge in [-0.05, 0) is 92.3 Å². The Bertz CT molecular complexity index is 1120. The highest BCUT2D eigenvalue weighted by atomic mass is 16.7. The highest BCUT2D eigenvalue weighted by Gasteiger charge is 2.30. The molecule has 4 nitrogen and oxygen atoms in total. The van der Waals surface area contributed by atoms with E-state index in [1.165, 1.54) is 42.4 Å². The van der Waals surface area contributed by atoms with Gasteiger partial charge in [-0.15, -0.1) is 0 Å². The third-order valence-electron chi connectivity index (χ3n) is 8.02. The summed E-state index contributed by atoms with van der Waals surface area (Å²) in [5, 5.41) is 0. The first-order valence-corrected chi connectivity index (χ1v) is 14.2. The average molecular weight is 512 g/mol. The molecule has 4 heteroatoms. The van der Waals surface area contributed by atoms with Crippen molar-refractivity contribution in [1.29, 1.82) is 0 Å². The second-order valence-electron chi connectivity index (χ2n) is 10.9. The minimum atomic E-state index is 0.262. The van der Waals surface area contributed by atoms with Crippen LogP contribution in [0, 0.1) is 11.8 Å². The molecule has 5 rings (SSSR count). The van der Waals surface area contributed by atoms with Gasteiger partial charge in [-0.2, -0.15) is 0 Å². The monoisotopic (exact) mass is 511 g/mol. The van der Waals surface area contributed by atoms with E-state index in [0.717, 1.165) is 49.3 Å². The van der Waals surface area contributed by atoms with Crippen LogP contribution in [0.4, 0.5) is 0 Å². The SMILES string of the molecule is CC(CCc1ccc(OCc2ccccc2)cc1)CC1CCN(C(Cc2ccccc2)C2=COCO2)CC1. The summed E-state index contributed by atoms with van der Waals surface area (Å²) < 4.78 is 17.2. The van der Waals surface area contributed by atoms with Crippen molar-refractivity contribution in [2.75, 3.05) is 19.9 Å². The highest BCUT2D eigenvalue weighted by Crippen LogP contribution is 2.30. The van der Waals surface area contributed by atoms with Crippen LogP contribution in [-0.2, 0) is 28.9 Å². The van der Waals surface area contributed by atoms with Crippen LogP contribution in [0.1, 0.15) is 49.3 Å². The molecule has 3 aromatic rings. The molecule has 2 unspecified atom stereocenters. The molecule has 0 N–H and O–H groups in total. The molecule has 0 bridgehead atoms. The summed E-state index contributed by atoms with van der Waals surface area (Å²) in [6, 6.07) is 30.0. The van der Waals surface area contributed by atoms with Gasteiger partial charge >= 0.3 is 0 Å². The Balaban J connectivity index is 1.04. The predicted octanol–water partition coefficient (Wildman–Crippen LogP) is 7.39. The van der Waals surface area contributed by atoms with Crippen LogP contribution in [0.25, 0.3) is 0 Å². The lowest BCUT2D eigenvalue weighted by Gasteiger charge is -2.38. The molecule has 2 atom stereocenters. The Morgan fingerprint density at radius 3 is 2.18 bits per heavy atom. The summed E-state index contributed by atoms with van der Waals surface area (Å²) in [5.41, 5.74) is 3.94. The summed E-state index contributed by atoms with van der Waals surface area (Å²) in [6.45, 7) is 5.63. The number of hydrogen-bond acceptors (Lipinski definition) is 4. The topological polar surface area (TPSA) is 30.9 Å². The number of likely N-dealkylation sites (tertiary alicyclic amines) is 1. The zero-order valence-corrected chi connectivity index (χ0v) is 22.6. The lowest BCUT2D eigenvalue weighted by Crippen LogP contribution is -2.44. The first-order valence-electron chi connectivity index (χ1n) is 14.2. The van der Waals surface area contributed by atoms with Crippen molar-refractivity contribution in [2.24, 2.45) is 11.8 Å². The molecular weight excluding hydrogens is 470 g/mol. The van der Waals surface area contributed by atoms with E-state index >= 15 is 0 Å². The second-order valence-corrected chi connectivity index (χ2v) is 10.9. The van der Waals surface area contributed by atoms with E-state index in [0.29, 0.717) is 13.4 Å². The number of rotatable bonds is 12. The standard InChI is InChI=1S/C34H41NO3/c1-27(12-13-28-14-16-32(17-15-28)37-24-31-10-6-3-7-11-31)22-30-18-20-35(21-19-30)33(34-25-36-26-38-34)23-29-8-4-2-5-9-29/h2-11,14-17,25,27,30,33H,12-13,18-24,26H2,1H3. The van der Waals surface area contributed by atoms with Gasteiger partial charge in [-0.3, -0.25) is 4.90 Å². The van der Waals surface area contributed by atoms with Crippen LogP contribution in [-0.4, -0.2) is 30.8 Å². The summed E-state index contributed by atoms with van der Waals surface area (Å²) in [6.07, 6.45) is 8.99. The van der Waals surface area contributed by atoms with E-state index in [4.69, 9.17) is 14.2 Å². The van der Waals surface area contributed by atoms with E-state index in [9.17, 15) is 0 Å². The Labute approximate surface area is 228 Å². The molecule has 0 radical (unpaired) electrons. The molecular formula is C34H41NO3. The molecule has 3 aromatic carbocycles. The molecule has 0 aromatic heterocycles. The third-order valence-corrected chi connectivity index (χ3v) is 8.02. The minimum absolute atomic E-state index is 0.262. The Morgan fingerprint density at radius 2 is 1.53 bits per heavy atom. The lowest BCUT2D eigenvalue weighted by molar-refractivity contribution is 0.0503. The van der Waals surface area contributed by atoms with Crippen molar-refractivity contribution >= 4 is 0 Å². The van der Waals surface area contributed by atoms with Crippen LogP contribution in [0.15, 0.2) is 97.0 Å². The van der Waals surface area contributed by atoms with Crippen molar-refractivity contribution in [3.8, 4) is 5.75 Å². The fourth-order valence-corrected chi connectivity index (χ4v) is 5.77. The van der Waals surface area contributed by atoms with Gasteiger partial charge in [0.25, 0.3) is 0 Å². The Hall–Kier alpha value is -3.24. The lowest BCUT2D eigenvalue weighted by atomic mass is 9.85. The van der Waals surface area contributed by atoms with E-state index in [1.807, 2.05) is 24.5 Å². The van der Waals surface area contributed by atoms with Crippen LogP contribution < -0.4 is 4.74 Å². The predicted molar refractivity (Wildman–Crippen MR) is 153 cm³/mol. The summed E-state index contributed by atoms with van der Waals surface area (Å²) >= 11 is 0. The molecule has 2 aliphatic rings. The maximum Gasteiger partial charge on any atom is 0.229 e. The van der Waals surface area contributed by atoms with E-state index in [-0.39, 0.29) is 6.04 Å². The second kappa shape index (κ2) is 13.5.